The van der Waals surface area contributed by atoms with Crippen LogP contribution < -0.4 is 10.6 Å². The SMILES string of the molecule is CCN1CCCC1CNC(=NC)NCCc1nc(-c2ccc(Cl)cc2)no1. The molecular formula is C19H27ClN6O. The van der Waals surface area contributed by atoms with Crippen LogP contribution in [0.2, 0.25) is 5.02 Å². The summed E-state index contributed by atoms with van der Waals surface area (Å²) in [5.41, 5.74) is 0.886. The molecule has 0 aliphatic carbocycles. The average molecular weight is 391 g/mol. The Kier molecular flexibility index (Phi) is 7.06. The highest BCUT2D eigenvalue weighted by molar-refractivity contribution is 6.30. The van der Waals surface area contributed by atoms with E-state index >= 15 is 0 Å². The molecule has 1 fully saturated rings. The molecule has 2 N–H and O–H groups in total. The minimum atomic E-state index is 0.574. The van der Waals surface area contributed by atoms with Gasteiger partial charge in [0.25, 0.3) is 0 Å². The van der Waals surface area contributed by atoms with E-state index in [0.717, 1.165) is 24.6 Å². The molecule has 0 bridgehead atoms. The third kappa shape index (κ3) is 5.43. The fourth-order valence-corrected chi connectivity index (χ4v) is 3.46. The van der Waals surface area contributed by atoms with Gasteiger partial charge < -0.3 is 15.2 Å². The third-order valence-corrected chi connectivity index (χ3v) is 5.09. The predicted molar refractivity (Wildman–Crippen MR) is 108 cm³/mol. The molecule has 2 aromatic rings. The van der Waals surface area contributed by atoms with Crippen molar-refractivity contribution in [3.8, 4) is 11.4 Å². The van der Waals surface area contributed by atoms with Gasteiger partial charge in [0.2, 0.25) is 11.7 Å². The third-order valence-electron chi connectivity index (χ3n) is 4.84. The smallest absolute Gasteiger partial charge is 0.228 e. The van der Waals surface area contributed by atoms with E-state index in [1.54, 1.807) is 7.05 Å². The van der Waals surface area contributed by atoms with E-state index in [9.17, 15) is 0 Å². The van der Waals surface area contributed by atoms with Gasteiger partial charge in [-0.3, -0.25) is 9.89 Å². The van der Waals surface area contributed by atoms with Crippen molar-refractivity contribution < 1.29 is 4.52 Å². The standard InChI is InChI=1S/C19H27ClN6O/c1-3-26-12-4-5-16(26)13-23-19(21-2)22-11-10-17-24-18(25-27-17)14-6-8-15(20)9-7-14/h6-9,16H,3-5,10-13H2,1-2H3,(H2,21,22,23). The van der Waals surface area contributed by atoms with E-state index in [4.69, 9.17) is 16.1 Å². The first kappa shape index (κ1) is 19.6. The minimum absolute atomic E-state index is 0.574. The number of aromatic nitrogens is 2. The first-order chi connectivity index (χ1) is 13.2. The molecule has 3 rings (SSSR count). The van der Waals surface area contributed by atoms with Gasteiger partial charge in [-0.05, 0) is 50.2 Å². The van der Waals surface area contributed by atoms with E-state index in [0.29, 0.717) is 35.7 Å². The number of rotatable bonds is 7. The number of likely N-dealkylation sites (N-methyl/N-ethyl adjacent to an activating group) is 1. The number of aliphatic imine (C=N–C) groups is 1. The van der Waals surface area contributed by atoms with Gasteiger partial charge in [0.15, 0.2) is 5.96 Å². The highest BCUT2D eigenvalue weighted by Gasteiger charge is 2.22. The van der Waals surface area contributed by atoms with Crippen LogP contribution in [0, 0.1) is 0 Å². The van der Waals surface area contributed by atoms with Crippen LogP contribution in [0.1, 0.15) is 25.7 Å². The van der Waals surface area contributed by atoms with E-state index in [-0.39, 0.29) is 0 Å². The largest absolute Gasteiger partial charge is 0.356 e. The van der Waals surface area contributed by atoms with Crippen molar-refractivity contribution in [3.63, 3.8) is 0 Å². The molecule has 1 unspecified atom stereocenters. The summed E-state index contributed by atoms with van der Waals surface area (Å²) >= 11 is 5.91. The fourth-order valence-electron chi connectivity index (χ4n) is 3.34. The Morgan fingerprint density at radius 1 is 1.33 bits per heavy atom. The van der Waals surface area contributed by atoms with Crippen LogP contribution in [0.15, 0.2) is 33.8 Å². The summed E-state index contributed by atoms with van der Waals surface area (Å²) in [5, 5.41) is 11.4. The normalized spacial score (nSPS) is 18.0. The zero-order valence-electron chi connectivity index (χ0n) is 15.9. The van der Waals surface area contributed by atoms with Crippen LogP contribution in [0.4, 0.5) is 0 Å². The molecule has 1 aliphatic rings. The second-order valence-corrected chi connectivity index (χ2v) is 7.01. The second-order valence-electron chi connectivity index (χ2n) is 6.57. The summed E-state index contributed by atoms with van der Waals surface area (Å²) in [6, 6.07) is 7.97. The number of likely N-dealkylation sites (tertiary alicyclic amines) is 1. The molecule has 1 aliphatic heterocycles. The summed E-state index contributed by atoms with van der Waals surface area (Å²) < 4.78 is 5.33. The van der Waals surface area contributed by atoms with E-state index in [1.807, 2.05) is 24.3 Å². The molecular weight excluding hydrogens is 364 g/mol. The molecule has 2 heterocycles. The zero-order valence-corrected chi connectivity index (χ0v) is 16.7. The molecule has 0 spiro atoms. The molecule has 27 heavy (non-hydrogen) atoms. The first-order valence-electron chi connectivity index (χ1n) is 9.46. The van der Waals surface area contributed by atoms with Crippen molar-refractivity contribution in [2.75, 3.05) is 33.2 Å². The summed E-state index contributed by atoms with van der Waals surface area (Å²) in [6.45, 7) is 6.10. The van der Waals surface area contributed by atoms with E-state index in [2.05, 4.69) is 37.6 Å². The van der Waals surface area contributed by atoms with Crippen molar-refractivity contribution in [2.45, 2.75) is 32.2 Å². The van der Waals surface area contributed by atoms with Gasteiger partial charge in [-0.25, -0.2) is 0 Å². The molecule has 1 aromatic heterocycles. The monoisotopic (exact) mass is 390 g/mol. The molecule has 0 amide bonds. The lowest BCUT2D eigenvalue weighted by molar-refractivity contribution is 0.267. The number of benzene rings is 1. The lowest BCUT2D eigenvalue weighted by atomic mass is 10.2. The summed E-state index contributed by atoms with van der Waals surface area (Å²) in [7, 11) is 1.78. The minimum Gasteiger partial charge on any atom is -0.356 e. The Morgan fingerprint density at radius 3 is 2.89 bits per heavy atom. The first-order valence-corrected chi connectivity index (χ1v) is 9.84. The van der Waals surface area contributed by atoms with Crippen LogP contribution in [0.3, 0.4) is 0 Å². The maximum absolute atomic E-state index is 5.91. The molecule has 8 heteroatoms. The Labute approximate surface area is 165 Å². The van der Waals surface area contributed by atoms with Crippen molar-refractivity contribution in [1.29, 1.82) is 0 Å². The lowest BCUT2D eigenvalue weighted by Crippen LogP contribution is -2.45. The maximum Gasteiger partial charge on any atom is 0.228 e. The van der Waals surface area contributed by atoms with E-state index < -0.39 is 0 Å². The number of halogens is 1. The van der Waals surface area contributed by atoms with Crippen molar-refractivity contribution in [2.24, 2.45) is 4.99 Å². The molecule has 0 radical (unpaired) electrons. The molecule has 146 valence electrons. The molecule has 0 saturated carbocycles. The number of hydrogen-bond acceptors (Lipinski definition) is 5. The number of nitrogens with zero attached hydrogens (tertiary/aromatic N) is 4. The van der Waals surface area contributed by atoms with Gasteiger partial charge >= 0.3 is 0 Å². The predicted octanol–water partition coefficient (Wildman–Crippen LogP) is 2.58. The van der Waals surface area contributed by atoms with Crippen LogP contribution in [-0.2, 0) is 6.42 Å². The highest BCUT2D eigenvalue weighted by atomic mass is 35.5. The molecule has 1 atom stereocenters. The summed E-state index contributed by atoms with van der Waals surface area (Å²) in [4.78, 5) is 11.2. The van der Waals surface area contributed by atoms with Crippen LogP contribution in [-0.4, -0.2) is 60.3 Å². The summed E-state index contributed by atoms with van der Waals surface area (Å²) in [6.07, 6.45) is 3.15. The second kappa shape index (κ2) is 9.71. The molecule has 1 aromatic carbocycles. The van der Waals surface area contributed by atoms with Gasteiger partial charge in [0, 0.05) is 43.2 Å². The van der Waals surface area contributed by atoms with Gasteiger partial charge in [-0.2, -0.15) is 4.98 Å². The Balaban J connectivity index is 1.44. The van der Waals surface area contributed by atoms with E-state index in [1.165, 1.54) is 19.4 Å². The molecule has 7 nitrogen and oxygen atoms in total. The van der Waals surface area contributed by atoms with Gasteiger partial charge in [-0.1, -0.05) is 23.7 Å². The van der Waals surface area contributed by atoms with Crippen LogP contribution in [0.25, 0.3) is 11.4 Å². The quantitative estimate of drug-likeness (QED) is 0.558. The Bertz CT molecular complexity index is 745. The maximum atomic E-state index is 5.91. The van der Waals surface area contributed by atoms with Crippen molar-refractivity contribution in [1.82, 2.24) is 25.7 Å². The van der Waals surface area contributed by atoms with Gasteiger partial charge in [0.05, 0.1) is 0 Å². The average Bonchev–Trinajstić information content (AvgIpc) is 3.34. The van der Waals surface area contributed by atoms with Crippen LogP contribution in [0.5, 0.6) is 0 Å². The summed E-state index contributed by atoms with van der Waals surface area (Å²) in [5.74, 6) is 1.97. The lowest BCUT2D eigenvalue weighted by Gasteiger charge is -2.23. The van der Waals surface area contributed by atoms with Crippen LogP contribution >= 0.6 is 11.6 Å². The molecule has 1 saturated heterocycles. The number of guanidine groups is 1. The number of nitrogens with one attached hydrogen (secondary N) is 2. The van der Waals surface area contributed by atoms with Gasteiger partial charge in [0.1, 0.15) is 0 Å². The fraction of sp³-hybridized carbons (Fsp3) is 0.526. The van der Waals surface area contributed by atoms with Crippen molar-refractivity contribution >= 4 is 17.6 Å². The number of hydrogen-bond donors (Lipinski definition) is 2. The van der Waals surface area contributed by atoms with Gasteiger partial charge in [-0.15, -0.1) is 0 Å². The Morgan fingerprint density at radius 2 is 2.15 bits per heavy atom. The van der Waals surface area contributed by atoms with Crippen molar-refractivity contribution in [3.05, 3.63) is 35.2 Å². The zero-order chi connectivity index (χ0) is 19.1. The highest BCUT2D eigenvalue weighted by Crippen LogP contribution is 2.18. The topological polar surface area (TPSA) is 78.6 Å². The Hall–Kier alpha value is -2.12.